The van der Waals surface area contributed by atoms with Gasteiger partial charge in [0.25, 0.3) is 0 Å². The maximum absolute atomic E-state index is 13.1. The summed E-state index contributed by atoms with van der Waals surface area (Å²) in [5.41, 5.74) is 6.66. The first-order chi connectivity index (χ1) is 7.15. The zero-order valence-corrected chi connectivity index (χ0v) is 9.43. The number of rotatable bonds is 5. The molecule has 84 valence electrons. The third-order valence-electron chi connectivity index (χ3n) is 2.24. The van der Waals surface area contributed by atoms with Crippen molar-refractivity contribution in [2.24, 2.45) is 5.73 Å². The van der Waals surface area contributed by atoms with Crippen LogP contribution < -0.4 is 5.73 Å². The van der Waals surface area contributed by atoms with E-state index >= 15 is 0 Å². The van der Waals surface area contributed by atoms with Crippen molar-refractivity contribution in [1.82, 2.24) is 0 Å². The lowest BCUT2D eigenvalue weighted by Crippen LogP contribution is -2.11. The Bertz CT molecular complexity index is 319. The van der Waals surface area contributed by atoms with E-state index in [1.165, 1.54) is 12.1 Å². The lowest BCUT2D eigenvalue weighted by Gasteiger charge is -2.11. The quantitative estimate of drug-likeness (QED) is 0.791. The van der Waals surface area contributed by atoms with E-state index in [2.05, 4.69) is 0 Å². The fourth-order valence-electron chi connectivity index (χ4n) is 1.36. The zero-order valence-electron chi connectivity index (χ0n) is 8.67. The zero-order chi connectivity index (χ0) is 11.3. The highest BCUT2D eigenvalue weighted by Crippen LogP contribution is 2.21. The molecule has 0 saturated heterocycles. The molecule has 1 atom stereocenters. The minimum atomic E-state index is -0.420. The van der Waals surface area contributed by atoms with Crippen LogP contribution in [0.3, 0.4) is 0 Å². The van der Waals surface area contributed by atoms with Crippen molar-refractivity contribution in [3.05, 3.63) is 34.6 Å². The van der Waals surface area contributed by atoms with E-state index in [0.29, 0.717) is 6.61 Å². The van der Waals surface area contributed by atoms with Gasteiger partial charge in [0.2, 0.25) is 0 Å². The summed E-state index contributed by atoms with van der Waals surface area (Å²) < 4.78 is 18.0. The molecule has 0 heterocycles. The number of ether oxygens (including phenoxy) is 1. The van der Waals surface area contributed by atoms with E-state index in [4.69, 9.17) is 22.1 Å². The summed E-state index contributed by atoms with van der Waals surface area (Å²) in [7, 11) is 1.65. The van der Waals surface area contributed by atoms with Gasteiger partial charge in [0.05, 0.1) is 5.02 Å². The summed E-state index contributed by atoms with van der Waals surface area (Å²) in [6.45, 7) is 0.670. The molecule has 1 aromatic carbocycles. The van der Waals surface area contributed by atoms with Crippen LogP contribution in [0, 0.1) is 5.82 Å². The van der Waals surface area contributed by atoms with Gasteiger partial charge in [0, 0.05) is 19.8 Å². The topological polar surface area (TPSA) is 35.2 Å². The average molecular weight is 232 g/mol. The van der Waals surface area contributed by atoms with Crippen molar-refractivity contribution in [1.29, 1.82) is 0 Å². The summed E-state index contributed by atoms with van der Waals surface area (Å²) in [4.78, 5) is 0. The van der Waals surface area contributed by atoms with Gasteiger partial charge in [-0.3, -0.25) is 0 Å². The van der Waals surface area contributed by atoms with Gasteiger partial charge in [-0.05, 0) is 30.5 Å². The molecule has 0 aliphatic carbocycles. The molecule has 15 heavy (non-hydrogen) atoms. The Hall–Kier alpha value is -0.640. The second kappa shape index (κ2) is 6.05. The van der Waals surface area contributed by atoms with Crippen LogP contribution in [0.5, 0.6) is 0 Å². The molecule has 0 radical (unpaired) electrons. The Kier molecular flexibility index (Phi) is 5.02. The Labute approximate surface area is 94.2 Å². The van der Waals surface area contributed by atoms with Crippen LogP contribution in [0.1, 0.15) is 24.4 Å². The molecular formula is C11H15ClFNO. The van der Waals surface area contributed by atoms with Crippen LogP contribution in [-0.4, -0.2) is 13.7 Å². The lowest BCUT2D eigenvalue weighted by atomic mass is 10.0. The monoisotopic (exact) mass is 231 g/mol. The number of nitrogens with two attached hydrogens (primary N) is 1. The molecule has 2 N–H and O–H groups in total. The summed E-state index contributed by atoms with van der Waals surface area (Å²) in [5.74, 6) is -0.420. The maximum atomic E-state index is 13.1. The maximum Gasteiger partial charge on any atom is 0.142 e. The number of halogens is 2. The standard InChI is InChI=1S/C11H15ClFNO/c1-15-6-2-3-11(14)8-4-5-9(12)10(13)7-8/h4-5,7,11H,2-3,6,14H2,1H3. The van der Waals surface area contributed by atoms with Crippen LogP contribution in [-0.2, 0) is 4.74 Å². The van der Waals surface area contributed by atoms with Crippen molar-refractivity contribution >= 4 is 11.6 Å². The van der Waals surface area contributed by atoms with E-state index in [1.54, 1.807) is 13.2 Å². The molecule has 0 bridgehead atoms. The largest absolute Gasteiger partial charge is 0.385 e. The molecule has 1 aromatic rings. The van der Waals surface area contributed by atoms with Crippen molar-refractivity contribution in [2.75, 3.05) is 13.7 Å². The average Bonchev–Trinajstić information content (AvgIpc) is 2.22. The fraction of sp³-hybridized carbons (Fsp3) is 0.455. The minimum Gasteiger partial charge on any atom is -0.385 e. The fourth-order valence-corrected chi connectivity index (χ4v) is 1.47. The Morgan fingerprint density at radius 2 is 2.27 bits per heavy atom. The summed E-state index contributed by atoms with van der Waals surface area (Å²) in [6, 6.07) is 4.51. The second-order valence-electron chi connectivity index (χ2n) is 3.42. The van der Waals surface area contributed by atoms with E-state index in [9.17, 15) is 4.39 Å². The first-order valence-electron chi connectivity index (χ1n) is 4.84. The van der Waals surface area contributed by atoms with E-state index in [1.807, 2.05) is 0 Å². The molecule has 2 nitrogen and oxygen atoms in total. The molecule has 0 aliphatic heterocycles. The predicted octanol–water partition coefficient (Wildman–Crippen LogP) is 2.91. The van der Waals surface area contributed by atoms with Gasteiger partial charge in [-0.25, -0.2) is 4.39 Å². The Balaban J connectivity index is 2.57. The number of benzene rings is 1. The highest BCUT2D eigenvalue weighted by Gasteiger charge is 2.08. The minimum absolute atomic E-state index is 0.128. The van der Waals surface area contributed by atoms with Crippen molar-refractivity contribution < 1.29 is 9.13 Å². The van der Waals surface area contributed by atoms with Gasteiger partial charge in [-0.15, -0.1) is 0 Å². The molecule has 0 aromatic heterocycles. The van der Waals surface area contributed by atoms with E-state index < -0.39 is 5.82 Å². The SMILES string of the molecule is COCCCC(N)c1ccc(Cl)c(F)c1. The van der Waals surface area contributed by atoms with Gasteiger partial charge in [-0.2, -0.15) is 0 Å². The highest BCUT2D eigenvalue weighted by molar-refractivity contribution is 6.30. The van der Waals surface area contributed by atoms with Crippen LogP contribution >= 0.6 is 11.6 Å². The van der Waals surface area contributed by atoms with E-state index in [-0.39, 0.29) is 11.1 Å². The Morgan fingerprint density at radius 1 is 1.53 bits per heavy atom. The van der Waals surface area contributed by atoms with Crippen molar-refractivity contribution in [3.8, 4) is 0 Å². The van der Waals surface area contributed by atoms with Gasteiger partial charge in [-0.1, -0.05) is 17.7 Å². The van der Waals surface area contributed by atoms with Gasteiger partial charge < -0.3 is 10.5 Å². The normalized spacial score (nSPS) is 12.8. The van der Waals surface area contributed by atoms with E-state index in [0.717, 1.165) is 18.4 Å². The number of hydrogen-bond donors (Lipinski definition) is 1. The molecule has 1 rings (SSSR count). The highest BCUT2D eigenvalue weighted by atomic mass is 35.5. The lowest BCUT2D eigenvalue weighted by molar-refractivity contribution is 0.190. The third kappa shape index (κ3) is 3.78. The van der Waals surface area contributed by atoms with Gasteiger partial charge in [0.15, 0.2) is 0 Å². The van der Waals surface area contributed by atoms with Gasteiger partial charge in [0.1, 0.15) is 5.82 Å². The number of methoxy groups -OCH3 is 1. The molecule has 0 spiro atoms. The molecule has 4 heteroatoms. The molecule has 0 saturated carbocycles. The summed E-state index contributed by atoms with van der Waals surface area (Å²) in [5, 5.41) is 0.128. The van der Waals surface area contributed by atoms with Crippen LogP contribution in [0.2, 0.25) is 5.02 Å². The van der Waals surface area contributed by atoms with Crippen LogP contribution in [0.25, 0.3) is 0 Å². The first-order valence-corrected chi connectivity index (χ1v) is 5.22. The van der Waals surface area contributed by atoms with Gasteiger partial charge >= 0.3 is 0 Å². The molecule has 0 fully saturated rings. The summed E-state index contributed by atoms with van der Waals surface area (Å²) in [6.07, 6.45) is 1.64. The third-order valence-corrected chi connectivity index (χ3v) is 2.54. The Morgan fingerprint density at radius 3 is 2.87 bits per heavy atom. The molecule has 0 amide bonds. The first kappa shape index (κ1) is 12.4. The smallest absolute Gasteiger partial charge is 0.142 e. The van der Waals surface area contributed by atoms with Crippen LogP contribution in [0.15, 0.2) is 18.2 Å². The van der Waals surface area contributed by atoms with Crippen molar-refractivity contribution in [3.63, 3.8) is 0 Å². The van der Waals surface area contributed by atoms with Crippen molar-refractivity contribution in [2.45, 2.75) is 18.9 Å². The summed E-state index contributed by atoms with van der Waals surface area (Å²) >= 11 is 5.58. The molecule has 1 unspecified atom stereocenters. The predicted molar refractivity (Wildman–Crippen MR) is 59.4 cm³/mol. The second-order valence-corrected chi connectivity index (χ2v) is 3.82. The molecule has 0 aliphatic rings. The molecular weight excluding hydrogens is 217 g/mol. The van der Waals surface area contributed by atoms with Crippen LogP contribution in [0.4, 0.5) is 4.39 Å². The number of hydrogen-bond acceptors (Lipinski definition) is 2.